The average Bonchev–Trinajstić information content (AvgIpc) is 3.26. The molecule has 7 nitrogen and oxygen atoms in total. The minimum atomic E-state index is -5.01. The molecule has 1 aliphatic rings. The van der Waals surface area contributed by atoms with Crippen LogP contribution in [0.1, 0.15) is 61.0 Å². The number of nitrogens with zero attached hydrogens (tertiary/aromatic N) is 2. The summed E-state index contributed by atoms with van der Waals surface area (Å²) in [4.78, 5) is 16.1. The van der Waals surface area contributed by atoms with E-state index in [0.717, 1.165) is 0 Å². The summed E-state index contributed by atoms with van der Waals surface area (Å²) < 4.78 is 106. The Morgan fingerprint density at radius 3 is 2.17 bits per heavy atom. The number of hydrogen-bond donors (Lipinski definition) is 2. The van der Waals surface area contributed by atoms with Gasteiger partial charge in [-0.05, 0) is 62.2 Å². The van der Waals surface area contributed by atoms with Crippen molar-refractivity contribution < 1.29 is 40.2 Å². The van der Waals surface area contributed by atoms with Crippen LogP contribution >= 0.6 is 0 Å². The SMILES string of the molecule is C[C@@H](O[C@H]1OCCN(C(C)(C)Cc2n[nH]c(=O)[nH]2)[C@H]1c1ccc(F)cc1)c1cc(C(F)(F)F)cc(C(F)(F)F)c1. The van der Waals surface area contributed by atoms with Crippen LogP contribution in [-0.2, 0) is 28.2 Å². The van der Waals surface area contributed by atoms with Crippen molar-refractivity contribution in [3.63, 3.8) is 0 Å². The third-order valence-corrected chi connectivity index (χ3v) is 6.76. The fourth-order valence-electron chi connectivity index (χ4n) is 4.83. The molecule has 0 aliphatic carbocycles. The molecule has 0 saturated carbocycles. The number of H-pyrrole nitrogens is 2. The summed E-state index contributed by atoms with van der Waals surface area (Å²) in [5.74, 6) is -0.135. The molecule has 3 atom stereocenters. The zero-order valence-corrected chi connectivity index (χ0v) is 21.7. The fourth-order valence-corrected chi connectivity index (χ4v) is 4.83. The molecule has 1 saturated heterocycles. The van der Waals surface area contributed by atoms with E-state index in [1.165, 1.54) is 31.2 Å². The second kappa shape index (κ2) is 11.0. The maximum Gasteiger partial charge on any atom is 0.416 e. The van der Waals surface area contributed by atoms with Crippen LogP contribution in [0, 0.1) is 5.82 Å². The number of nitrogens with one attached hydrogen (secondary N) is 2. The predicted molar refractivity (Wildman–Crippen MR) is 129 cm³/mol. The van der Waals surface area contributed by atoms with E-state index in [1.807, 2.05) is 18.7 Å². The minimum Gasteiger partial charge on any atom is -0.349 e. The Hall–Kier alpha value is -3.23. The highest BCUT2D eigenvalue weighted by atomic mass is 19.4. The molecule has 0 unspecified atom stereocenters. The Kier molecular flexibility index (Phi) is 8.16. The number of halogens is 7. The summed E-state index contributed by atoms with van der Waals surface area (Å²) in [6.07, 6.45) is -12.2. The molecule has 1 aromatic heterocycles. The molecule has 3 aromatic rings. The molecule has 2 aromatic carbocycles. The summed E-state index contributed by atoms with van der Waals surface area (Å²) in [5.41, 5.74) is -3.91. The van der Waals surface area contributed by atoms with Crippen LogP contribution < -0.4 is 5.69 Å². The first kappa shape index (κ1) is 29.7. The van der Waals surface area contributed by atoms with Gasteiger partial charge in [0.25, 0.3) is 0 Å². The van der Waals surface area contributed by atoms with Gasteiger partial charge >= 0.3 is 18.0 Å². The first-order chi connectivity index (χ1) is 18.5. The Bertz CT molecular complexity index is 1330. The topological polar surface area (TPSA) is 83.2 Å². The van der Waals surface area contributed by atoms with E-state index in [9.17, 15) is 35.5 Å². The van der Waals surface area contributed by atoms with Crippen LogP contribution in [0.25, 0.3) is 0 Å². The maximum atomic E-state index is 13.8. The molecule has 0 radical (unpaired) electrons. The number of morpholine rings is 1. The molecule has 0 spiro atoms. The summed E-state index contributed by atoms with van der Waals surface area (Å²) in [5, 5.41) is 6.25. The largest absolute Gasteiger partial charge is 0.416 e. The highest BCUT2D eigenvalue weighted by Crippen LogP contribution is 2.41. The fraction of sp³-hybridized carbons (Fsp3) is 0.462. The van der Waals surface area contributed by atoms with E-state index in [0.29, 0.717) is 30.1 Å². The van der Waals surface area contributed by atoms with Crippen molar-refractivity contribution in [2.24, 2.45) is 0 Å². The Labute approximate surface area is 224 Å². The summed E-state index contributed by atoms with van der Waals surface area (Å²) in [6, 6.07) is 5.99. The second-order valence-electron chi connectivity index (χ2n) is 10.2. The van der Waals surface area contributed by atoms with E-state index in [-0.39, 0.29) is 24.7 Å². The lowest BCUT2D eigenvalue weighted by atomic mass is 9.91. The summed E-state index contributed by atoms with van der Waals surface area (Å²) in [7, 11) is 0. The van der Waals surface area contributed by atoms with E-state index in [1.54, 1.807) is 0 Å². The molecule has 2 heterocycles. The highest BCUT2D eigenvalue weighted by molar-refractivity contribution is 5.35. The third-order valence-electron chi connectivity index (χ3n) is 6.76. The molecule has 2 N–H and O–H groups in total. The summed E-state index contributed by atoms with van der Waals surface area (Å²) in [6.45, 7) is 5.53. The zero-order chi connectivity index (χ0) is 29.5. The quantitative estimate of drug-likeness (QED) is 0.349. The number of hydrogen-bond acceptors (Lipinski definition) is 5. The number of benzene rings is 2. The third kappa shape index (κ3) is 6.73. The molecule has 14 heteroatoms. The van der Waals surface area contributed by atoms with Crippen LogP contribution in [0.3, 0.4) is 0 Å². The molecular formula is C26H27F7N4O3. The van der Waals surface area contributed by atoms with Crippen LogP contribution in [-0.4, -0.2) is 45.1 Å². The van der Waals surface area contributed by atoms with Gasteiger partial charge in [0.15, 0.2) is 6.29 Å². The van der Waals surface area contributed by atoms with Gasteiger partial charge in [-0.1, -0.05) is 12.1 Å². The van der Waals surface area contributed by atoms with Gasteiger partial charge in [-0.3, -0.25) is 9.88 Å². The highest BCUT2D eigenvalue weighted by Gasteiger charge is 2.43. The van der Waals surface area contributed by atoms with Crippen LogP contribution in [0.4, 0.5) is 30.7 Å². The van der Waals surface area contributed by atoms with E-state index < -0.39 is 59.0 Å². The predicted octanol–water partition coefficient (Wildman–Crippen LogP) is 5.77. The van der Waals surface area contributed by atoms with E-state index in [2.05, 4.69) is 15.2 Å². The minimum absolute atomic E-state index is 0.0538. The van der Waals surface area contributed by atoms with Gasteiger partial charge in [-0.2, -0.15) is 31.4 Å². The number of aromatic amines is 2. The average molecular weight is 577 g/mol. The van der Waals surface area contributed by atoms with Crippen molar-refractivity contribution in [2.75, 3.05) is 13.2 Å². The molecule has 1 fully saturated rings. The molecule has 0 bridgehead atoms. The van der Waals surface area contributed by atoms with Crippen molar-refractivity contribution in [2.45, 2.75) is 63.5 Å². The van der Waals surface area contributed by atoms with Gasteiger partial charge in [0.2, 0.25) is 0 Å². The number of aromatic nitrogens is 3. The Morgan fingerprint density at radius 1 is 1.05 bits per heavy atom. The first-order valence-electron chi connectivity index (χ1n) is 12.3. The molecule has 40 heavy (non-hydrogen) atoms. The van der Waals surface area contributed by atoms with Crippen molar-refractivity contribution >= 4 is 0 Å². The van der Waals surface area contributed by atoms with Crippen LogP contribution in [0.15, 0.2) is 47.3 Å². The lowest BCUT2D eigenvalue weighted by molar-refractivity contribution is -0.242. The normalized spacial score (nSPS) is 20.1. The molecule has 218 valence electrons. The number of rotatable bonds is 7. The van der Waals surface area contributed by atoms with Gasteiger partial charge in [0.1, 0.15) is 11.6 Å². The molecular weight excluding hydrogens is 549 g/mol. The van der Waals surface area contributed by atoms with Gasteiger partial charge in [0.05, 0.1) is 29.9 Å². The van der Waals surface area contributed by atoms with E-state index in [4.69, 9.17) is 9.47 Å². The number of ether oxygens (including phenoxy) is 2. The Morgan fingerprint density at radius 2 is 1.65 bits per heavy atom. The van der Waals surface area contributed by atoms with Gasteiger partial charge in [0, 0.05) is 18.5 Å². The van der Waals surface area contributed by atoms with Gasteiger partial charge in [-0.15, -0.1) is 0 Å². The second-order valence-corrected chi connectivity index (χ2v) is 10.2. The van der Waals surface area contributed by atoms with Crippen molar-refractivity contribution in [1.29, 1.82) is 0 Å². The van der Waals surface area contributed by atoms with Crippen LogP contribution in [0.5, 0.6) is 0 Å². The monoisotopic (exact) mass is 576 g/mol. The maximum absolute atomic E-state index is 13.8. The molecule has 1 aliphatic heterocycles. The Balaban J connectivity index is 1.70. The molecule has 4 rings (SSSR count). The lowest BCUT2D eigenvalue weighted by Gasteiger charge is -2.49. The standard InChI is InChI=1S/C26H27F7N4O3/c1-14(16-10-17(25(28,29)30)12-18(11-16)26(31,32)33)40-22-21(15-4-6-19(27)7-5-15)37(8-9-39-22)24(2,3)13-20-34-23(38)36-35-20/h4-7,10-12,14,21-22H,8-9,13H2,1-3H3,(H2,34,35,36,38)/t14-,21+,22-/m1/s1. The number of alkyl halides is 6. The van der Waals surface area contributed by atoms with Crippen molar-refractivity contribution in [3.05, 3.63) is 86.8 Å². The van der Waals surface area contributed by atoms with Crippen molar-refractivity contribution in [1.82, 2.24) is 20.1 Å². The summed E-state index contributed by atoms with van der Waals surface area (Å²) >= 11 is 0. The zero-order valence-electron chi connectivity index (χ0n) is 21.7. The van der Waals surface area contributed by atoms with Gasteiger partial charge in [-0.25, -0.2) is 14.3 Å². The lowest BCUT2D eigenvalue weighted by Crippen LogP contribution is -2.56. The van der Waals surface area contributed by atoms with E-state index >= 15 is 0 Å². The first-order valence-corrected chi connectivity index (χ1v) is 12.3. The van der Waals surface area contributed by atoms with Crippen LogP contribution in [0.2, 0.25) is 0 Å². The smallest absolute Gasteiger partial charge is 0.349 e. The van der Waals surface area contributed by atoms with Gasteiger partial charge < -0.3 is 9.47 Å². The molecule has 0 amide bonds. The van der Waals surface area contributed by atoms with Crippen molar-refractivity contribution in [3.8, 4) is 0 Å².